The fourth-order valence-electron chi connectivity index (χ4n) is 3.88. The molecule has 132 valence electrons. The molecule has 4 heteroatoms. The molecule has 1 aliphatic heterocycles. The second-order valence-electron chi connectivity index (χ2n) is 7.03. The van der Waals surface area contributed by atoms with Crippen molar-refractivity contribution in [3.05, 3.63) is 29.8 Å². The maximum atomic E-state index is 13.1. The van der Waals surface area contributed by atoms with Crippen molar-refractivity contribution in [1.82, 2.24) is 10.2 Å². The first-order valence-corrected chi connectivity index (χ1v) is 9.56. The van der Waals surface area contributed by atoms with Gasteiger partial charge in [-0.05, 0) is 76.2 Å². The zero-order valence-electron chi connectivity index (χ0n) is 14.8. The van der Waals surface area contributed by atoms with Gasteiger partial charge in [0.05, 0.1) is 6.10 Å². The number of nitrogens with zero attached hydrogens (tertiary/aromatic N) is 1. The Labute approximate surface area is 145 Å². The van der Waals surface area contributed by atoms with Gasteiger partial charge in [-0.1, -0.05) is 13.0 Å². The topological polar surface area (TPSA) is 41.6 Å². The van der Waals surface area contributed by atoms with Crippen LogP contribution in [-0.4, -0.2) is 42.6 Å². The van der Waals surface area contributed by atoms with Crippen molar-refractivity contribution in [3.8, 4) is 5.75 Å². The van der Waals surface area contributed by atoms with Crippen LogP contribution in [0.2, 0.25) is 0 Å². The van der Waals surface area contributed by atoms with Gasteiger partial charge in [0.15, 0.2) is 0 Å². The first-order valence-electron chi connectivity index (χ1n) is 9.56. The molecule has 4 nitrogen and oxygen atoms in total. The van der Waals surface area contributed by atoms with Gasteiger partial charge in [0.25, 0.3) is 5.91 Å². The predicted molar refractivity (Wildman–Crippen MR) is 96.5 cm³/mol. The molecule has 0 aromatic heterocycles. The van der Waals surface area contributed by atoms with E-state index in [9.17, 15) is 4.79 Å². The van der Waals surface area contributed by atoms with E-state index >= 15 is 0 Å². The number of hydrogen-bond donors (Lipinski definition) is 1. The molecule has 1 N–H and O–H groups in total. The van der Waals surface area contributed by atoms with E-state index in [2.05, 4.69) is 17.1 Å². The number of hydrogen-bond acceptors (Lipinski definition) is 3. The molecule has 1 saturated carbocycles. The number of ether oxygens (including phenoxy) is 1. The number of benzene rings is 1. The standard InChI is InChI=1S/C20H30N2O2/c1-2-14-22(17-10-12-21-13-11-17)20(23)16-6-5-9-19(15-16)24-18-7-3-4-8-18/h5-6,9,15,17-18,21H,2-4,7-8,10-14H2,1H3. The molecule has 0 radical (unpaired) electrons. The maximum Gasteiger partial charge on any atom is 0.254 e. The van der Waals surface area contributed by atoms with Crippen molar-refractivity contribution >= 4 is 5.91 Å². The Balaban J connectivity index is 1.71. The van der Waals surface area contributed by atoms with Crippen molar-refractivity contribution in [2.45, 2.75) is 64.0 Å². The third kappa shape index (κ3) is 4.29. The summed E-state index contributed by atoms with van der Waals surface area (Å²) >= 11 is 0. The normalized spacial score (nSPS) is 19.4. The average Bonchev–Trinajstić information content (AvgIpc) is 3.13. The van der Waals surface area contributed by atoms with E-state index in [-0.39, 0.29) is 5.91 Å². The maximum absolute atomic E-state index is 13.1. The average molecular weight is 330 g/mol. The van der Waals surface area contributed by atoms with E-state index in [4.69, 9.17) is 4.74 Å². The van der Waals surface area contributed by atoms with Crippen LogP contribution < -0.4 is 10.1 Å². The van der Waals surface area contributed by atoms with Crippen LogP contribution in [0.5, 0.6) is 5.75 Å². The van der Waals surface area contributed by atoms with E-state index in [1.54, 1.807) is 0 Å². The molecule has 1 amide bonds. The summed E-state index contributed by atoms with van der Waals surface area (Å²) in [5, 5.41) is 3.38. The summed E-state index contributed by atoms with van der Waals surface area (Å²) < 4.78 is 6.07. The molecule has 24 heavy (non-hydrogen) atoms. The van der Waals surface area contributed by atoms with Crippen LogP contribution >= 0.6 is 0 Å². The Hall–Kier alpha value is -1.55. The third-order valence-corrected chi connectivity index (χ3v) is 5.16. The fraction of sp³-hybridized carbons (Fsp3) is 0.650. The van der Waals surface area contributed by atoms with E-state index in [0.29, 0.717) is 12.1 Å². The van der Waals surface area contributed by atoms with Gasteiger partial charge in [-0.25, -0.2) is 0 Å². The molecular weight excluding hydrogens is 300 g/mol. The van der Waals surface area contributed by atoms with Crippen molar-refractivity contribution in [2.75, 3.05) is 19.6 Å². The van der Waals surface area contributed by atoms with Crippen LogP contribution in [0.4, 0.5) is 0 Å². The highest BCUT2D eigenvalue weighted by Crippen LogP contribution is 2.25. The molecule has 3 rings (SSSR count). The first-order chi connectivity index (χ1) is 11.8. The Kier molecular flexibility index (Phi) is 6.13. The molecule has 2 aliphatic rings. The molecule has 0 bridgehead atoms. The van der Waals surface area contributed by atoms with Gasteiger partial charge in [-0.15, -0.1) is 0 Å². The van der Waals surface area contributed by atoms with Crippen LogP contribution in [0, 0.1) is 0 Å². The minimum atomic E-state index is 0.153. The van der Waals surface area contributed by atoms with Crippen molar-refractivity contribution in [2.24, 2.45) is 0 Å². The van der Waals surface area contributed by atoms with Gasteiger partial charge in [0.1, 0.15) is 5.75 Å². The summed E-state index contributed by atoms with van der Waals surface area (Å²) in [5.74, 6) is 0.995. The van der Waals surface area contributed by atoms with Gasteiger partial charge in [-0.3, -0.25) is 4.79 Å². The Bertz CT molecular complexity index is 534. The van der Waals surface area contributed by atoms with E-state index in [1.165, 1.54) is 12.8 Å². The van der Waals surface area contributed by atoms with Gasteiger partial charge in [-0.2, -0.15) is 0 Å². The molecule has 1 aliphatic carbocycles. The van der Waals surface area contributed by atoms with Gasteiger partial charge >= 0.3 is 0 Å². The summed E-state index contributed by atoms with van der Waals surface area (Å²) in [6, 6.07) is 8.14. The smallest absolute Gasteiger partial charge is 0.254 e. The number of carbonyl (C=O) groups is 1. The number of nitrogens with one attached hydrogen (secondary N) is 1. The van der Waals surface area contributed by atoms with E-state index < -0.39 is 0 Å². The molecule has 0 atom stereocenters. The lowest BCUT2D eigenvalue weighted by atomic mass is 10.0. The van der Waals surface area contributed by atoms with Gasteiger partial charge in [0.2, 0.25) is 0 Å². The molecule has 2 fully saturated rings. The third-order valence-electron chi connectivity index (χ3n) is 5.16. The minimum Gasteiger partial charge on any atom is -0.490 e. The van der Waals surface area contributed by atoms with Crippen molar-refractivity contribution < 1.29 is 9.53 Å². The van der Waals surface area contributed by atoms with E-state index in [0.717, 1.165) is 63.1 Å². The molecule has 1 aromatic rings. The van der Waals surface area contributed by atoms with Gasteiger partial charge < -0.3 is 15.0 Å². The lowest BCUT2D eigenvalue weighted by Crippen LogP contribution is -2.46. The van der Waals surface area contributed by atoms with Crippen molar-refractivity contribution in [3.63, 3.8) is 0 Å². The fourth-order valence-corrected chi connectivity index (χ4v) is 3.88. The Morgan fingerprint density at radius 2 is 1.96 bits per heavy atom. The van der Waals surface area contributed by atoms with E-state index in [1.807, 2.05) is 24.3 Å². The zero-order chi connectivity index (χ0) is 16.8. The predicted octanol–water partition coefficient (Wildman–Crippen LogP) is 3.61. The first kappa shape index (κ1) is 17.3. The van der Waals surface area contributed by atoms with Crippen LogP contribution in [0.1, 0.15) is 62.2 Å². The number of piperidine rings is 1. The lowest BCUT2D eigenvalue weighted by Gasteiger charge is -2.34. The summed E-state index contributed by atoms with van der Waals surface area (Å²) in [5.41, 5.74) is 0.762. The summed E-state index contributed by atoms with van der Waals surface area (Å²) in [6.07, 6.45) is 8.19. The summed E-state index contributed by atoms with van der Waals surface area (Å²) in [7, 11) is 0. The highest BCUT2D eigenvalue weighted by atomic mass is 16.5. The molecular formula is C20H30N2O2. The monoisotopic (exact) mass is 330 g/mol. The highest BCUT2D eigenvalue weighted by molar-refractivity contribution is 5.94. The van der Waals surface area contributed by atoms with Crippen LogP contribution in [0.3, 0.4) is 0 Å². The Morgan fingerprint density at radius 3 is 2.67 bits per heavy atom. The molecule has 0 unspecified atom stereocenters. The number of rotatable bonds is 6. The zero-order valence-corrected chi connectivity index (χ0v) is 14.8. The molecule has 1 aromatic carbocycles. The summed E-state index contributed by atoms with van der Waals surface area (Å²) in [6.45, 7) is 4.98. The summed E-state index contributed by atoms with van der Waals surface area (Å²) in [4.78, 5) is 15.2. The molecule has 0 spiro atoms. The largest absolute Gasteiger partial charge is 0.490 e. The molecule has 1 heterocycles. The van der Waals surface area contributed by atoms with Crippen LogP contribution in [0.25, 0.3) is 0 Å². The lowest BCUT2D eigenvalue weighted by molar-refractivity contribution is 0.0642. The van der Waals surface area contributed by atoms with Crippen LogP contribution in [0.15, 0.2) is 24.3 Å². The Morgan fingerprint density at radius 1 is 1.21 bits per heavy atom. The van der Waals surface area contributed by atoms with Crippen molar-refractivity contribution in [1.29, 1.82) is 0 Å². The number of carbonyl (C=O) groups excluding carboxylic acids is 1. The van der Waals surface area contributed by atoms with Gasteiger partial charge in [0, 0.05) is 18.2 Å². The quantitative estimate of drug-likeness (QED) is 0.866. The second-order valence-corrected chi connectivity index (χ2v) is 7.03. The SMILES string of the molecule is CCCN(C(=O)c1cccc(OC2CCCC2)c1)C1CCNCC1. The molecule has 1 saturated heterocycles. The highest BCUT2D eigenvalue weighted by Gasteiger charge is 2.26. The van der Waals surface area contributed by atoms with Crippen LogP contribution in [-0.2, 0) is 0 Å². The second kappa shape index (κ2) is 8.52. The minimum absolute atomic E-state index is 0.153. The number of amides is 1.